The van der Waals surface area contributed by atoms with E-state index >= 15 is 0 Å². The van der Waals surface area contributed by atoms with Gasteiger partial charge in [0.15, 0.2) is 6.29 Å². The molecule has 1 aromatic carbocycles. The van der Waals surface area contributed by atoms with Crippen molar-refractivity contribution in [2.75, 3.05) is 14.1 Å². The third-order valence-electron chi connectivity index (χ3n) is 1.79. The molecule has 0 aliphatic heterocycles. The minimum absolute atomic E-state index is 0.626. The number of hydrogen-bond acceptors (Lipinski definition) is 3. The number of allylic oxidation sites excluding steroid dienone is 2. The molecule has 0 spiro atoms. The van der Waals surface area contributed by atoms with E-state index in [9.17, 15) is 4.79 Å². The number of carbonyl (C=O) groups is 1. The molecular formula is C12H14N2O. The maximum Gasteiger partial charge on any atom is 0.150 e. The lowest BCUT2D eigenvalue weighted by molar-refractivity contribution is -0.103. The van der Waals surface area contributed by atoms with Crippen molar-refractivity contribution in [2.45, 2.75) is 0 Å². The number of hydrogen-bond donors (Lipinski definition) is 0. The van der Waals surface area contributed by atoms with Gasteiger partial charge in [-0.3, -0.25) is 4.79 Å². The van der Waals surface area contributed by atoms with Crippen LogP contribution in [-0.2, 0) is 4.79 Å². The zero-order valence-corrected chi connectivity index (χ0v) is 8.92. The summed E-state index contributed by atoms with van der Waals surface area (Å²) >= 11 is 0. The predicted octanol–water partition coefficient (Wildman–Crippen LogP) is 1.82. The lowest BCUT2D eigenvalue weighted by Crippen LogP contribution is -2.00. The lowest BCUT2D eigenvalue weighted by atomic mass is 10.1. The van der Waals surface area contributed by atoms with Crippen molar-refractivity contribution in [2.24, 2.45) is 5.10 Å². The SMILES string of the molecule is CN(C)N=CC=C(C=O)c1ccccc1. The summed E-state index contributed by atoms with van der Waals surface area (Å²) in [5, 5.41) is 5.68. The van der Waals surface area contributed by atoms with Gasteiger partial charge in [0, 0.05) is 25.9 Å². The maximum atomic E-state index is 10.8. The van der Waals surface area contributed by atoms with E-state index in [2.05, 4.69) is 5.10 Å². The van der Waals surface area contributed by atoms with Gasteiger partial charge in [0.05, 0.1) is 0 Å². The highest BCUT2D eigenvalue weighted by Crippen LogP contribution is 2.09. The Hall–Kier alpha value is -1.90. The number of aldehydes is 1. The largest absolute Gasteiger partial charge is 0.303 e. The summed E-state index contributed by atoms with van der Waals surface area (Å²) in [5.74, 6) is 0. The third-order valence-corrected chi connectivity index (χ3v) is 1.79. The molecule has 3 heteroatoms. The van der Waals surface area contributed by atoms with Crippen LogP contribution in [0, 0.1) is 0 Å². The fraction of sp³-hybridized carbons (Fsp3) is 0.167. The lowest BCUT2D eigenvalue weighted by Gasteiger charge is -2.01. The summed E-state index contributed by atoms with van der Waals surface area (Å²) < 4.78 is 0. The van der Waals surface area contributed by atoms with Crippen LogP contribution >= 0.6 is 0 Å². The van der Waals surface area contributed by atoms with Crippen molar-refractivity contribution < 1.29 is 4.79 Å². The van der Waals surface area contributed by atoms with Crippen LogP contribution in [0.15, 0.2) is 41.5 Å². The molecular weight excluding hydrogens is 188 g/mol. The standard InChI is InChI=1S/C12H14N2O/c1-14(2)13-9-8-12(10-15)11-6-4-3-5-7-11/h3-10H,1-2H3. The molecule has 0 fully saturated rings. The van der Waals surface area contributed by atoms with Crippen molar-refractivity contribution in [1.29, 1.82) is 0 Å². The van der Waals surface area contributed by atoms with E-state index in [1.165, 1.54) is 0 Å². The van der Waals surface area contributed by atoms with Gasteiger partial charge < -0.3 is 5.01 Å². The average molecular weight is 202 g/mol. The van der Waals surface area contributed by atoms with Crippen LogP contribution in [-0.4, -0.2) is 31.6 Å². The first-order chi connectivity index (χ1) is 7.24. The van der Waals surface area contributed by atoms with Crippen LogP contribution in [0.25, 0.3) is 5.57 Å². The molecule has 1 rings (SSSR count). The highest BCUT2D eigenvalue weighted by atomic mass is 16.1. The number of rotatable bonds is 4. The molecule has 15 heavy (non-hydrogen) atoms. The quantitative estimate of drug-likeness (QED) is 0.323. The van der Waals surface area contributed by atoms with Crippen LogP contribution in [0.5, 0.6) is 0 Å². The Morgan fingerprint density at radius 2 is 1.93 bits per heavy atom. The van der Waals surface area contributed by atoms with Crippen LogP contribution in [0.1, 0.15) is 5.56 Å². The Balaban J connectivity index is 2.85. The molecule has 0 atom stereocenters. The molecule has 0 aliphatic carbocycles. The van der Waals surface area contributed by atoms with Crippen molar-refractivity contribution >= 4 is 18.1 Å². The van der Waals surface area contributed by atoms with Crippen molar-refractivity contribution in [3.8, 4) is 0 Å². The van der Waals surface area contributed by atoms with Gasteiger partial charge in [0.1, 0.15) is 0 Å². The van der Waals surface area contributed by atoms with Crippen LogP contribution in [0.4, 0.5) is 0 Å². The molecule has 0 aliphatic rings. The van der Waals surface area contributed by atoms with E-state index in [0.29, 0.717) is 5.57 Å². The van der Waals surface area contributed by atoms with E-state index in [1.807, 2.05) is 44.4 Å². The third kappa shape index (κ3) is 3.77. The Kier molecular flexibility index (Phi) is 4.29. The van der Waals surface area contributed by atoms with Crippen LogP contribution in [0.3, 0.4) is 0 Å². The Labute approximate surface area is 89.7 Å². The smallest absolute Gasteiger partial charge is 0.150 e. The number of carbonyl (C=O) groups excluding carboxylic acids is 1. The molecule has 0 amide bonds. The maximum absolute atomic E-state index is 10.8. The normalized spacial score (nSPS) is 11.7. The highest BCUT2D eigenvalue weighted by Gasteiger charge is 1.96. The van der Waals surface area contributed by atoms with Gasteiger partial charge in [-0.2, -0.15) is 5.10 Å². The second kappa shape index (κ2) is 5.75. The van der Waals surface area contributed by atoms with Crippen molar-refractivity contribution in [3.05, 3.63) is 42.0 Å². The zero-order chi connectivity index (χ0) is 11.1. The van der Waals surface area contributed by atoms with E-state index in [-0.39, 0.29) is 0 Å². The van der Waals surface area contributed by atoms with E-state index in [4.69, 9.17) is 0 Å². The fourth-order valence-corrected chi connectivity index (χ4v) is 1.08. The first-order valence-corrected chi connectivity index (χ1v) is 4.66. The first kappa shape index (κ1) is 11.2. The molecule has 0 N–H and O–H groups in total. The first-order valence-electron chi connectivity index (χ1n) is 4.66. The summed E-state index contributed by atoms with van der Waals surface area (Å²) in [4.78, 5) is 10.8. The van der Waals surface area contributed by atoms with Gasteiger partial charge in [0.2, 0.25) is 0 Å². The Morgan fingerprint density at radius 1 is 1.27 bits per heavy atom. The summed E-state index contributed by atoms with van der Waals surface area (Å²) in [7, 11) is 3.65. The molecule has 3 nitrogen and oxygen atoms in total. The second-order valence-electron chi connectivity index (χ2n) is 3.22. The van der Waals surface area contributed by atoms with Crippen LogP contribution in [0.2, 0.25) is 0 Å². The summed E-state index contributed by atoms with van der Waals surface area (Å²) in [5.41, 5.74) is 1.53. The van der Waals surface area contributed by atoms with Crippen molar-refractivity contribution in [3.63, 3.8) is 0 Å². The molecule has 1 aromatic rings. The molecule has 0 saturated carbocycles. The van der Waals surface area contributed by atoms with Gasteiger partial charge in [-0.05, 0) is 11.6 Å². The van der Waals surface area contributed by atoms with E-state index in [0.717, 1.165) is 11.8 Å². The molecule has 0 bridgehead atoms. The molecule has 0 radical (unpaired) electrons. The van der Waals surface area contributed by atoms with Gasteiger partial charge >= 0.3 is 0 Å². The van der Waals surface area contributed by atoms with Crippen LogP contribution < -0.4 is 0 Å². The highest BCUT2D eigenvalue weighted by molar-refractivity contribution is 6.11. The number of nitrogens with zero attached hydrogens (tertiary/aromatic N) is 2. The molecule has 0 unspecified atom stereocenters. The molecule has 0 heterocycles. The van der Waals surface area contributed by atoms with E-state index < -0.39 is 0 Å². The van der Waals surface area contributed by atoms with Gasteiger partial charge in [-0.25, -0.2) is 0 Å². The average Bonchev–Trinajstić information content (AvgIpc) is 2.25. The number of benzene rings is 1. The van der Waals surface area contributed by atoms with Gasteiger partial charge in [-0.15, -0.1) is 0 Å². The van der Waals surface area contributed by atoms with E-state index in [1.54, 1.807) is 17.3 Å². The molecule has 0 saturated heterocycles. The molecule has 0 aromatic heterocycles. The van der Waals surface area contributed by atoms with Gasteiger partial charge in [0.25, 0.3) is 0 Å². The second-order valence-corrected chi connectivity index (χ2v) is 3.22. The minimum Gasteiger partial charge on any atom is -0.303 e. The summed E-state index contributed by atoms with van der Waals surface area (Å²) in [6.45, 7) is 0. The summed E-state index contributed by atoms with van der Waals surface area (Å²) in [6, 6.07) is 9.50. The van der Waals surface area contributed by atoms with Crippen molar-refractivity contribution in [1.82, 2.24) is 5.01 Å². The monoisotopic (exact) mass is 202 g/mol. The van der Waals surface area contributed by atoms with Gasteiger partial charge in [-0.1, -0.05) is 30.3 Å². The summed E-state index contributed by atoms with van der Waals surface area (Å²) in [6.07, 6.45) is 4.14. The topological polar surface area (TPSA) is 32.7 Å². The number of hydrazone groups is 1. The fourth-order valence-electron chi connectivity index (χ4n) is 1.08. The molecule has 78 valence electrons. The zero-order valence-electron chi connectivity index (χ0n) is 8.92. The minimum atomic E-state index is 0.626. The Bertz CT molecular complexity index is 366. The predicted molar refractivity (Wildman–Crippen MR) is 62.7 cm³/mol. The Morgan fingerprint density at radius 3 is 2.47 bits per heavy atom.